The Labute approximate surface area is 574 Å². The number of carbonyl (C=O) groups is 8. The number of esters is 8. The van der Waals surface area contributed by atoms with Crippen molar-refractivity contribution in [2.45, 2.75) is 221 Å². The van der Waals surface area contributed by atoms with Crippen molar-refractivity contribution in [3.63, 3.8) is 0 Å². The molecule has 0 aromatic carbocycles. The van der Waals surface area contributed by atoms with Crippen molar-refractivity contribution in [2.75, 3.05) is 0 Å². The van der Waals surface area contributed by atoms with Crippen LogP contribution in [0.15, 0.2) is 156 Å². The van der Waals surface area contributed by atoms with Gasteiger partial charge in [-0.1, -0.05) is 46.1 Å². The van der Waals surface area contributed by atoms with E-state index >= 15 is 0 Å². The standard InChI is InChI=1S/6C11H14O3.C10H12O4/c2*1-6-4-9(7(2)13-6)10-5-11(12)14-8(10)3;3*1-6-4-9(8(3)13-6)10-5-7(2)14-11(10)12;1-7-6-9(8(2)13-7)11(3)5-4-10(12)14-11;1-5-7(3-9(11)13-5)8-4-10(12)14-6(8)2/h5,7-9H,1,4H2,2-3H3;7,9-10H,1,3-5H2,2H3;7-8H,1,4-5H2,2-3H3;5,8-10H,1,4H2,2-3H3;5,7-9H,1,4H2,2-3H3;4-5,8-9H,1,6H2,2-3H3;5,7H,3-4H2,1-2H3/b;;10-9+;;;;. The summed E-state index contributed by atoms with van der Waals surface area (Å²) in [5, 5.41) is 0. The van der Waals surface area contributed by atoms with E-state index in [4.69, 9.17) is 66.3 Å². The van der Waals surface area contributed by atoms with Gasteiger partial charge >= 0.3 is 47.8 Å². The van der Waals surface area contributed by atoms with E-state index in [1.54, 1.807) is 19.9 Å². The minimum absolute atomic E-state index is 0.00562. The molecule has 14 heterocycles. The van der Waals surface area contributed by atoms with Crippen LogP contribution in [0, 0.1) is 47.3 Å². The molecule has 9 fully saturated rings. The van der Waals surface area contributed by atoms with Crippen molar-refractivity contribution in [3.05, 3.63) is 156 Å². The zero-order chi connectivity index (χ0) is 72.1. The number of cyclic esters (lactones) is 8. The molecule has 0 N–H and O–H groups in total. The summed E-state index contributed by atoms with van der Waals surface area (Å²) in [6.07, 6.45) is 15.0. The van der Waals surface area contributed by atoms with E-state index in [2.05, 4.69) is 46.1 Å². The van der Waals surface area contributed by atoms with Crippen LogP contribution in [0.3, 0.4) is 0 Å². The van der Waals surface area contributed by atoms with Crippen molar-refractivity contribution in [1.29, 1.82) is 0 Å². The summed E-state index contributed by atoms with van der Waals surface area (Å²) >= 11 is 0. The van der Waals surface area contributed by atoms with Crippen LogP contribution in [0.5, 0.6) is 0 Å². The van der Waals surface area contributed by atoms with Crippen LogP contribution in [-0.4, -0.2) is 114 Å². The van der Waals surface area contributed by atoms with E-state index in [1.807, 2.05) is 94.4 Å². The maximum Gasteiger partial charge on any atom is 0.334 e. The summed E-state index contributed by atoms with van der Waals surface area (Å²) in [5.74, 6) is 5.96. The fourth-order valence-electron chi connectivity index (χ4n) is 14.8. The molecule has 19 unspecified atom stereocenters. The SMILES string of the molecule is C=C1C/C(=C2/CC(C)OC2=O)C(C)O1.C=C1CC(C2(C)C=CC(=O)O2)C(C)O1.C=C1CC(C2=CC(=O)OC2C)C(C)O1.C=C1CC(C2=CC(C)OC2=O)C(C)O1.C=C1CC(C2C=C(C)OC2=O)C(C)O1.C=C1CC(C2CC(=O)OC2=C)C(C)O1.CC1=C(C2CC(=O)OC2C)CC(=O)O1. The lowest BCUT2D eigenvalue weighted by molar-refractivity contribution is -0.149. The molecule has 0 bridgehead atoms. The van der Waals surface area contributed by atoms with Crippen LogP contribution >= 0.6 is 0 Å². The molecule has 98 heavy (non-hydrogen) atoms. The van der Waals surface area contributed by atoms with Gasteiger partial charge in [0.1, 0.15) is 71.7 Å². The van der Waals surface area contributed by atoms with Crippen molar-refractivity contribution in [2.24, 2.45) is 47.3 Å². The normalized spacial score (nSPS) is 36.9. The van der Waals surface area contributed by atoms with Crippen LogP contribution in [0.25, 0.3) is 0 Å². The van der Waals surface area contributed by atoms with Gasteiger partial charge in [-0.2, -0.15) is 0 Å². The van der Waals surface area contributed by atoms with E-state index in [-0.39, 0.29) is 150 Å². The molecule has 0 aromatic rings. The molecule has 0 aromatic heterocycles. The largest absolute Gasteiger partial charge is 0.495 e. The van der Waals surface area contributed by atoms with E-state index in [9.17, 15) is 38.4 Å². The first-order valence-electron chi connectivity index (χ1n) is 33.6. The van der Waals surface area contributed by atoms with Crippen LogP contribution < -0.4 is 0 Å². The lowest BCUT2D eigenvalue weighted by Crippen LogP contribution is -2.37. The van der Waals surface area contributed by atoms with Crippen molar-refractivity contribution in [1.82, 2.24) is 0 Å². The van der Waals surface area contributed by atoms with Gasteiger partial charge in [0, 0.05) is 110 Å². The van der Waals surface area contributed by atoms with Crippen molar-refractivity contribution >= 4 is 47.8 Å². The van der Waals surface area contributed by atoms with Gasteiger partial charge in [0.05, 0.1) is 71.9 Å². The molecule has 9 saturated heterocycles. The average molecular weight is 1360 g/mol. The molecule has 22 nitrogen and oxygen atoms in total. The fraction of sp³-hybridized carbons (Fsp3) is 0.553. The van der Waals surface area contributed by atoms with E-state index < -0.39 is 5.60 Å². The summed E-state index contributed by atoms with van der Waals surface area (Å²) < 4.78 is 73.1. The quantitative estimate of drug-likeness (QED) is 0.136. The van der Waals surface area contributed by atoms with Gasteiger partial charge in [-0.15, -0.1) is 0 Å². The minimum atomic E-state index is -0.518. The number of hydrogen-bond donors (Lipinski definition) is 0. The molecule has 14 rings (SSSR count). The third kappa shape index (κ3) is 18.3. The van der Waals surface area contributed by atoms with Crippen molar-refractivity contribution in [3.8, 4) is 0 Å². The number of allylic oxidation sites excluding steroid dienone is 9. The Hall–Kier alpha value is -8.82. The number of hydrogen-bond acceptors (Lipinski definition) is 22. The number of rotatable bonds is 6. The molecule has 14 aliphatic heterocycles. The third-order valence-corrected chi connectivity index (χ3v) is 19.8. The second kappa shape index (κ2) is 31.4. The highest BCUT2D eigenvalue weighted by Crippen LogP contribution is 2.45. The first kappa shape index (κ1) is 75.0. The maximum atomic E-state index is 11.5. The summed E-state index contributed by atoms with van der Waals surface area (Å²) in [7, 11) is 0. The molecule has 22 heteroatoms. The predicted octanol–water partition coefficient (Wildman–Crippen LogP) is 12.5. The molecule has 0 aliphatic carbocycles. The van der Waals surface area contributed by atoms with Crippen molar-refractivity contribution < 1.29 is 105 Å². The first-order chi connectivity index (χ1) is 46.0. The lowest BCUT2D eigenvalue weighted by atomic mass is 9.84. The van der Waals surface area contributed by atoms with E-state index in [1.165, 1.54) is 6.08 Å². The van der Waals surface area contributed by atoms with Gasteiger partial charge in [-0.05, 0) is 125 Å². The molecule has 0 radical (unpaired) electrons. The van der Waals surface area contributed by atoms with Crippen LogP contribution in [-0.2, 0) is 105 Å². The lowest BCUT2D eigenvalue weighted by Gasteiger charge is -2.29. The Bertz CT molecular complexity index is 3470. The second-order valence-electron chi connectivity index (χ2n) is 27.5. The molecular formula is C76H96O22. The Kier molecular flexibility index (Phi) is 24.0. The molecule has 14 aliphatic rings. The van der Waals surface area contributed by atoms with E-state index in [0.29, 0.717) is 55.3 Å². The monoisotopic (exact) mass is 1360 g/mol. The summed E-state index contributed by atoms with van der Waals surface area (Å²) in [6.45, 7) is 51.3. The maximum absolute atomic E-state index is 11.5. The third-order valence-electron chi connectivity index (χ3n) is 19.8. The van der Waals surface area contributed by atoms with Gasteiger partial charge < -0.3 is 66.3 Å². The minimum Gasteiger partial charge on any atom is -0.495 e. The fourth-order valence-corrected chi connectivity index (χ4v) is 14.8. The Morgan fingerprint density at radius 3 is 1.43 bits per heavy atom. The molecule has 19 atom stereocenters. The smallest absolute Gasteiger partial charge is 0.334 e. The molecule has 0 spiro atoms. The highest BCUT2D eigenvalue weighted by atomic mass is 16.6. The Morgan fingerprint density at radius 2 is 1.02 bits per heavy atom. The number of ether oxygens (including phenoxy) is 14. The highest BCUT2D eigenvalue weighted by molar-refractivity contribution is 5.92. The summed E-state index contributed by atoms with van der Waals surface area (Å²) in [4.78, 5) is 89.6. The van der Waals surface area contributed by atoms with Crippen LogP contribution in [0.4, 0.5) is 0 Å². The summed E-state index contributed by atoms with van der Waals surface area (Å²) in [5.41, 5.74) is 4.04. The van der Waals surface area contributed by atoms with Gasteiger partial charge in [0.15, 0.2) is 0 Å². The Morgan fingerprint density at radius 1 is 0.449 bits per heavy atom. The zero-order valence-electron chi connectivity index (χ0n) is 58.8. The molecule has 0 amide bonds. The molecular weight excluding hydrogens is 1260 g/mol. The highest BCUT2D eigenvalue weighted by Gasteiger charge is 2.48. The summed E-state index contributed by atoms with van der Waals surface area (Å²) in [6, 6.07) is 0. The average Bonchev–Trinajstić information content (AvgIpc) is 1.69. The molecule has 0 saturated carbocycles. The van der Waals surface area contributed by atoms with Gasteiger partial charge in [0.2, 0.25) is 0 Å². The first-order valence-corrected chi connectivity index (χ1v) is 33.6. The van der Waals surface area contributed by atoms with Crippen LogP contribution in [0.2, 0.25) is 0 Å². The zero-order valence-corrected chi connectivity index (χ0v) is 58.8. The second-order valence-corrected chi connectivity index (χ2v) is 27.5. The number of carbonyl (C=O) groups excluding carboxylic acids is 8. The Balaban J connectivity index is 0.000000146. The van der Waals surface area contributed by atoms with Gasteiger partial charge in [0.25, 0.3) is 0 Å². The van der Waals surface area contributed by atoms with Gasteiger partial charge in [-0.3, -0.25) is 19.2 Å². The van der Waals surface area contributed by atoms with E-state index in [0.717, 1.165) is 94.5 Å². The topological polar surface area (TPSA) is 266 Å². The predicted molar refractivity (Wildman–Crippen MR) is 355 cm³/mol. The van der Waals surface area contributed by atoms with Crippen LogP contribution in [0.1, 0.15) is 154 Å². The molecule has 532 valence electrons. The van der Waals surface area contributed by atoms with Gasteiger partial charge in [-0.25, -0.2) is 19.2 Å².